The molecule has 0 aliphatic heterocycles. The van der Waals surface area contributed by atoms with E-state index in [2.05, 4.69) is 15.0 Å². The Morgan fingerprint density at radius 3 is 2.27 bits per heavy atom. The van der Waals surface area contributed by atoms with Crippen LogP contribution in [0.4, 0.5) is 5.95 Å². The number of nitrogens with two attached hydrogens (primary N) is 1. The van der Waals surface area contributed by atoms with Crippen molar-refractivity contribution in [2.24, 2.45) is 0 Å². The van der Waals surface area contributed by atoms with Crippen LogP contribution in [-0.2, 0) is 0 Å². The molecule has 0 bridgehead atoms. The Bertz CT molecular complexity index is 1280. The number of benzene rings is 2. The van der Waals surface area contributed by atoms with Crippen LogP contribution in [-0.4, -0.2) is 20.7 Å². The molecule has 0 saturated heterocycles. The molecular formula is C20H12N4O2. The molecule has 0 spiro atoms. The maximum atomic E-state index is 13.1. The highest BCUT2D eigenvalue weighted by Crippen LogP contribution is 2.42. The number of hydrogen-bond donors (Lipinski definition) is 2. The quantitative estimate of drug-likeness (QED) is 0.488. The number of ketones is 1. The van der Waals surface area contributed by atoms with E-state index in [9.17, 15) is 9.59 Å². The second kappa shape index (κ2) is 5.10. The number of aromatic nitrogens is 3. The number of nitrogens with one attached hydrogen (secondary N) is 1. The number of carbonyl (C=O) groups excluding carboxylic acids is 1. The Hall–Kier alpha value is -3.80. The molecule has 3 N–H and O–H groups in total. The van der Waals surface area contributed by atoms with Gasteiger partial charge in [0.25, 0.3) is 5.56 Å². The maximum Gasteiger partial charge on any atom is 0.262 e. The summed E-state index contributed by atoms with van der Waals surface area (Å²) < 4.78 is 0. The van der Waals surface area contributed by atoms with Crippen molar-refractivity contribution in [3.63, 3.8) is 0 Å². The van der Waals surface area contributed by atoms with Crippen LogP contribution < -0.4 is 11.3 Å². The van der Waals surface area contributed by atoms with Gasteiger partial charge in [-0.3, -0.25) is 14.6 Å². The van der Waals surface area contributed by atoms with Gasteiger partial charge >= 0.3 is 0 Å². The molecule has 2 aromatic carbocycles. The first-order chi connectivity index (χ1) is 12.6. The highest BCUT2D eigenvalue weighted by molar-refractivity contribution is 6.26. The standard InChI is InChI=1S/C20H12N4O2/c21-20-23-18-15(19(26)24-20)13(10-6-2-1-3-7-10)14-16(22-18)11-8-4-5-9-12(11)17(14)25/h1-9H,(H3,21,22,23,24,26). The predicted molar refractivity (Wildman–Crippen MR) is 98.9 cm³/mol. The van der Waals surface area contributed by atoms with Crippen molar-refractivity contribution in [3.8, 4) is 22.4 Å². The zero-order valence-corrected chi connectivity index (χ0v) is 13.5. The van der Waals surface area contributed by atoms with Gasteiger partial charge < -0.3 is 5.73 Å². The average molecular weight is 340 g/mol. The monoisotopic (exact) mass is 340 g/mol. The van der Waals surface area contributed by atoms with E-state index >= 15 is 0 Å². The second-order valence-corrected chi connectivity index (χ2v) is 6.10. The number of anilines is 1. The van der Waals surface area contributed by atoms with Gasteiger partial charge in [0, 0.05) is 16.7 Å². The van der Waals surface area contributed by atoms with E-state index in [0.29, 0.717) is 22.4 Å². The Morgan fingerprint density at radius 1 is 0.808 bits per heavy atom. The minimum atomic E-state index is -0.412. The number of pyridine rings is 1. The van der Waals surface area contributed by atoms with Gasteiger partial charge in [-0.1, -0.05) is 54.6 Å². The molecule has 0 saturated carbocycles. The minimum Gasteiger partial charge on any atom is -0.369 e. The average Bonchev–Trinajstić information content (AvgIpc) is 2.93. The molecule has 124 valence electrons. The van der Waals surface area contributed by atoms with Gasteiger partial charge in [0.05, 0.1) is 16.6 Å². The summed E-state index contributed by atoms with van der Waals surface area (Å²) in [5.41, 5.74) is 9.11. The Morgan fingerprint density at radius 2 is 1.50 bits per heavy atom. The fourth-order valence-corrected chi connectivity index (χ4v) is 3.52. The van der Waals surface area contributed by atoms with Crippen molar-refractivity contribution < 1.29 is 4.79 Å². The van der Waals surface area contributed by atoms with Crippen molar-refractivity contribution >= 4 is 22.8 Å². The summed E-state index contributed by atoms with van der Waals surface area (Å²) in [7, 11) is 0. The Kier molecular flexibility index (Phi) is 2.85. The lowest BCUT2D eigenvalue weighted by Crippen LogP contribution is -2.15. The van der Waals surface area contributed by atoms with E-state index in [0.717, 1.165) is 11.1 Å². The normalized spacial score (nSPS) is 12.2. The molecular weight excluding hydrogens is 328 g/mol. The van der Waals surface area contributed by atoms with E-state index in [1.54, 1.807) is 6.07 Å². The number of rotatable bonds is 1. The van der Waals surface area contributed by atoms with Crippen LogP contribution >= 0.6 is 0 Å². The van der Waals surface area contributed by atoms with Crippen LogP contribution in [0.25, 0.3) is 33.4 Å². The highest BCUT2D eigenvalue weighted by atomic mass is 16.1. The van der Waals surface area contributed by atoms with Crippen LogP contribution in [0, 0.1) is 0 Å². The molecule has 26 heavy (non-hydrogen) atoms. The first kappa shape index (κ1) is 14.5. The molecule has 2 heterocycles. The van der Waals surface area contributed by atoms with Gasteiger partial charge in [-0.25, -0.2) is 4.98 Å². The lowest BCUT2D eigenvalue weighted by molar-refractivity contribution is 0.104. The summed E-state index contributed by atoms with van der Waals surface area (Å²) in [6.45, 7) is 0. The third-order valence-electron chi connectivity index (χ3n) is 4.59. The maximum absolute atomic E-state index is 13.1. The SMILES string of the molecule is Nc1nc2nc3c(c(-c4ccccc4)c2c(=O)[nH]1)C(=O)c1ccccc1-3. The number of aromatic amines is 1. The Balaban J connectivity index is 2.03. The van der Waals surface area contributed by atoms with Gasteiger partial charge in [0.15, 0.2) is 11.4 Å². The van der Waals surface area contributed by atoms with E-state index in [1.165, 1.54) is 0 Å². The van der Waals surface area contributed by atoms with E-state index in [4.69, 9.17) is 5.73 Å². The number of hydrogen-bond acceptors (Lipinski definition) is 5. The predicted octanol–water partition coefficient (Wildman–Crippen LogP) is 2.78. The van der Waals surface area contributed by atoms with Gasteiger partial charge in [0.1, 0.15) is 0 Å². The summed E-state index contributed by atoms with van der Waals surface area (Å²) in [6, 6.07) is 16.6. The molecule has 4 aromatic rings. The number of H-pyrrole nitrogens is 1. The first-order valence-electron chi connectivity index (χ1n) is 8.08. The molecule has 0 atom stereocenters. The van der Waals surface area contributed by atoms with Gasteiger partial charge in [-0.2, -0.15) is 4.98 Å². The van der Waals surface area contributed by atoms with Gasteiger partial charge in [-0.15, -0.1) is 0 Å². The molecule has 0 unspecified atom stereocenters. The van der Waals surface area contributed by atoms with E-state index in [1.807, 2.05) is 48.5 Å². The largest absolute Gasteiger partial charge is 0.369 e. The molecule has 6 heteroatoms. The topological polar surface area (TPSA) is 102 Å². The molecule has 1 aliphatic rings. The van der Waals surface area contributed by atoms with E-state index in [-0.39, 0.29) is 22.8 Å². The molecule has 0 radical (unpaired) electrons. The van der Waals surface area contributed by atoms with Crippen molar-refractivity contribution in [1.29, 1.82) is 0 Å². The second-order valence-electron chi connectivity index (χ2n) is 6.10. The first-order valence-corrected chi connectivity index (χ1v) is 8.08. The number of nitrogens with zero attached hydrogens (tertiary/aromatic N) is 2. The van der Waals surface area contributed by atoms with Gasteiger partial charge in [0.2, 0.25) is 5.95 Å². The third-order valence-corrected chi connectivity index (χ3v) is 4.59. The molecule has 5 rings (SSSR count). The molecule has 0 fully saturated rings. The van der Waals surface area contributed by atoms with Crippen LogP contribution in [0.1, 0.15) is 15.9 Å². The van der Waals surface area contributed by atoms with Crippen molar-refractivity contribution in [3.05, 3.63) is 76.1 Å². The summed E-state index contributed by atoms with van der Waals surface area (Å²) in [5, 5.41) is 0.269. The number of nitrogen functional groups attached to an aromatic ring is 1. The van der Waals surface area contributed by atoms with Crippen molar-refractivity contribution in [2.45, 2.75) is 0 Å². The highest BCUT2D eigenvalue weighted by Gasteiger charge is 2.33. The zero-order valence-electron chi connectivity index (χ0n) is 13.5. The van der Waals surface area contributed by atoms with E-state index < -0.39 is 5.56 Å². The summed E-state index contributed by atoms with van der Waals surface area (Å²) in [4.78, 5) is 37.0. The minimum absolute atomic E-state index is 0.00781. The molecule has 0 amide bonds. The van der Waals surface area contributed by atoms with Crippen LogP contribution in [0.3, 0.4) is 0 Å². The van der Waals surface area contributed by atoms with Crippen LogP contribution in [0.15, 0.2) is 59.4 Å². The van der Waals surface area contributed by atoms with Crippen molar-refractivity contribution in [1.82, 2.24) is 15.0 Å². The number of fused-ring (bicyclic) bond motifs is 4. The van der Waals surface area contributed by atoms with Crippen LogP contribution in [0.2, 0.25) is 0 Å². The smallest absolute Gasteiger partial charge is 0.262 e. The fraction of sp³-hybridized carbons (Fsp3) is 0. The zero-order chi connectivity index (χ0) is 17.8. The molecule has 1 aliphatic carbocycles. The lowest BCUT2D eigenvalue weighted by atomic mass is 9.95. The summed E-state index contributed by atoms with van der Waals surface area (Å²) in [5.74, 6) is -0.147. The molecule has 2 aromatic heterocycles. The Labute approximate surface area is 147 Å². The third kappa shape index (κ3) is 1.86. The van der Waals surface area contributed by atoms with Gasteiger partial charge in [-0.05, 0) is 5.56 Å². The number of carbonyl (C=O) groups is 1. The molecule has 6 nitrogen and oxygen atoms in total. The van der Waals surface area contributed by atoms with Crippen LogP contribution in [0.5, 0.6) is 0 Å². The lowest BCUT2D eigenvalue weighted by Gasteiger charge is -2.11. The van der Waals surface area contributed by atoms with Crippen molar-refractivity contribution in [2.75, 3.05) is 5.73 Å². The summed E-state index contributed by atoms with van der Waals surface area (Å²) in [6.07, 6.45) is 0. The summed E-state index contributed by atoms with van der Waals surface area (Å²) >= 11 is 0. The fourth-order valence-electron chi connectivity index (χ4n) is 3.52.